The van der Waals surface area contributed by atoms with Crippen molar-refractivity contribution in [2.75, 3.05) is 0 Å². The van der Waals surface area contributed by atoms with Crippen LogP contribution in [0.25, 0.3) is 11.1 Å². The van der Waals surface area contributed by atoms with E-state index in [9.17, 15) is 0 Å². The van der Waals surface area contributed by atoms with E-state index in [-0.39, 0.29) is 0 Å². The molecular formula is C36H52Si2. The molecule has 0 aromatic heterocycles. The molecule has 0 nitrogen and oxygen atoms in total. The standard InChI is InChI=1S/C36H52Si2/c1-27(2)37(28(3)4,29(5)6)25-23-35(33-19-15-13-16-20-33)36(34-21-17-14-18-22-34)24-26-38(30(7)8,31(9)10)32(11)12/h13-22,27-32H,1-12H3/b36-35-. The van der Waals surface area contributed by atoms with Crippen molar-refractivity contribution in [3.8, 4) is 22.9 Å². The summed E-state index contributed by atoms with van der Waals surface area (Å²) < 4.78 is 0. The number of rotatable bonds is 8. The van der Waals surface area contributed by atoms with Crippen LogP contribution in [0.15, 0.2) is 60.7 Å². The Hall–Kier alpha value is -2.27. The summed E-state index contributed by atoms with van der Waals surface area (Å²) in [5, 5.41) is 0. The molecule has 2 aromatic rings. The topological polar surface area (TPSA) is 0 Å². The predicted octanol–water partition coefficient (Wildman–Crippen LogP) is 11.0. The Labute approximate surface area is 237 Å². The smallest absolute Gasteiger partial charge is 0.125 e. The van der Waals surface area contributed by atoms with Crippen LogP contribution in [-0.2, 0) is 0 Å². The lowest BCUT2D eigenvalue weighted by molar-refractivity contribution is 0.838. The van der Waals surface area contributed by atoms with Gasteiger partial charge in [0, 0.05) is 11.1 Å². The Bertz CT molecular complexity index is 1030. The third-order valence-corrected chi connectivity index (χ3v) is 21.5. The van der Waals surface area contributed by atoms with Gasteiger partial charge in [-0.25, -0.2) is 0 Å². The highest BCUT2D eigenvalue weighted by Gasteiger charge is 2.43. The van der Waals surface area contributed by atoms with Crippen LogP contribution in [0.2, 0.25) is 33.2 Å². The van der Waals surface area contributed by atoms with Crippen LogP contribution in [0.5, 0.6) is 0 Å². The van der Waals surface area contributed by atoms with Gasteiger partial charge in [0.2, 0.25) is 0 Å². The third kappa shape index (κ3) is 6.65. The highest BCUT2D eigenvalue weighted by molar-refractivity contribution is 6.91. The second-order valence-electron chi connectivity index (χ2n) is 12.8. The van der Waals surface area contributed by atoms with Gasteiger partial charge < -0.3 is 0 Å². The first-order valence-corrected chi connectivity index (χ1v) is 19.2. The minimum absolute atomic E-state index is 0.584. The lowest BCUT2D eigenvalue weighted by Crippen LogP contribution is -2.43. The zero-order chi connectivity index (χ0) is 28.7. The van der Waals surface area contributed by atoms with Crippen molar-refractivity contribution >= 4 is 27.3 Å². The molecule has 0 saturated carbocycles. The quantitative estimate of drug-likeness (QED) is 0.177. The van der Waals surface area contributed by atoms with Gasteiger partial charge in [-0.15, -0.1) is 11.1 Å². The largest absolute Gasteiger partial charge is 0.146 e. The molecule has 2 rings (SSSR count). The van der Waals surface area contributed by atoms with Crippen molar-refractivity contribution in [2.45, 2.75) is 116 Å². The van der Waals surface area contributed by atoms with Crippen LogP contribution in [0.1, 0.15) is 94.2 Å². The van der Waals surface area contributed by atoms with Gasteiger partial charge in [0.25, 0.3) is 0 Å². The normalized spacial score (nSPS) is 13.1. The highest BCUT2D eigenvalue weighted by atomic mass is 28.3. The monoisotopic (exact) mass is 540 g/mol. The van der Waals surface area contributed by atoms with Gasteiger partial charge >= 0.3 is 0 Å². The number of hydrogen-bond acceptors (Lipinski definition) is 0. The molecule has 2 aromatic carbocycles. The first-order valence-electron chi connectivity index (χ1n) is 14.7. The van der Waals surface area contributed by atoms with Crippen LogP contribution in [0, 0.1) is 22.9 Å². The van der Waals surface area contributed by atoms with E-state index >= 15 is 0 Å². The van der Waals surface area contributed by atoms with Gasteiger partial charge in [-0.05, 0) is 44.4 Å². The summed E-state index contributed by atoms with van der Waals surface area (Å²) in [6.45, 7) is 28.6. The maximum Gasteiger partial charge on any atom is 0.146 e. The second-order valence-corrected chi connectivity index (χ2v) is 23.9. The molecule has 0 spiro atoms. The Morgan fingerprint density at radius 2 is 0.658 bits per heavy atom. The van der Waals surface area contributed by atoms with E-state index in [1.165, 1.54) is 11.1 Å². The molecule has 0 N–H and O–H groups in total. The average molecular weight is 541 g/mol. The van der Waals surface area contributed by atoms with Crippen LogP contribution < -0.4 is 0 Å². The molecule has 0 aliphatic carbocycles. The number of hydrogen-bond donors (Lipinski definition) is 0. The lowest BCUT2D eigenvalue weighted by atomic mass is 9.95. The van der Waals surface area contributed by atoms with Gasteiger partial charge in [-0.3, -0.25) is 0 Å². The Balaban J connectivity index is 3.07. The predicted molar refractivity (Wildman–Crippen MR) is 177 cm³/mol. The summed E-state index contributed by atoms with van der Waals surface area (Å²) >= 11 is 0. The summed E-state index contributed by atoms with van der Waals surface area (Å²) in [5.74, 6) is 7.70. The second kappa shape index (κ2) is 13.7. The molecule has 2 heteroatoms. The third-order valence-electron chi connectivity index (χ3n) is 8.91. The summed E-state index contributed by atoms with van der Waals surface area (Å²) in [4.78, 5) is 0. The zero-order valence-corrected chi connectivity index (χ0v) is 28.2. The van der Waals surface area contributed by atoms with Crippen molar-refractivity contribution in [2.24, 2.45) is 0 Å². The Morgan fingerprint density at radius 1 is 0.421 bits per heavy atom. The van der Waals surface area contributed by atoms with Crippen molar-refractivity contribution in [1.29, 1.82) is 0 Å². The van der Waals surface area contributed by atoms with Crippen LogP contribution in [0.3, 0.4) is 0 Å². The minimum atomic E-state index is -1.92. The van der Waals surface area contributed by atoms with E-state index in [1.54, 1.807) is 0 Å². The maximum absolute atomic E-state index is 4.02. The summed E-state index contributed by atoms with van der Waals surface area (Å²) in [6, 6.07) is 21.5. The maximum atomic E-state index is 4.02. The fourth-order valence-corrected chi connectivity index (χ4v) is 17.4. The van der Waals surface area contributed by atoms with Crippen LogP contribution in [0.4, 0.5) is 0 Å². The molecule has 0 aliphatic heterocycles. The molecule has 38 heavy (non-hydrogen) atoms. The fraction of sp³-hybridized carbons (Fsp3) is 0.500. The highest BCUT2D eigenvalue weighted by Crippen LogP contribution is 2.42. The van der Waals surface area contributed by atoms with E-state index in [1.807, 2.05) is 0 Å². The van der Waals surface area contributed by atoms with E-state index in [0.29, 0.717) is 33.2 Å². The molecule has 0 aliphatic rings. The fourth-order valence-electron chi connectivity index (χ4n) is 6.98. The van der Waals surface area contributed by atoms with Gasteiger partial charge in [-0.1, -0.05) is 156 Å². The van der Waals surface area contributed by atoms with Gasteiger partial charge in [0.05, 0.1) is 0 Å². The molecule has 0 saturated heterocycles. The zero-order valence-electron chi connectivity index (χ0n) is 26.2. The Kier molecular flexibility index (Phi) is 11.5. The number of allylic oxidation sites excluding steroid dienone is 2. The van der Waals surface area contributed by atoms with E-state index in [2.05, 4.69) is 167 Å². The molecule has 0 bridgehead atoms. The number of benzene rings is 2. The van der Waals surface area contributed by atoms with Crippen molar-refractivity contribution in [3.05, 3.63) is 71.8 Å². The summed E-state index contributed by atoms with van der Waals surface area (Å²) in [6.07, 6.45) is 0. The van der Waals surface area contributed by atoms with Crippen molar-refractivity contribution < 1.29 is 0 Å². The first-order chi connectivity index (χ1) is 17.8. The van der Waals surface area contributed by atoms with Gasteiger partial charge in [0.15, 0.2) is 0 Å². The van der Waals surface area contributed by atoms with Crippen molar-refractivity contribution in [1.82, 2.24) is 0 Å². The molecule has 204 valence electrons. The van der Waals surface area contributed by atoms with Gasteiger partial charge in [-0.2, -0.15) is 0 Å². The Morgan fingerprint density at radius 3 is 0.868 bits per heavy atom. The van der Waals surface area contributed by atoms with E-state index in [4.69, 9.17) is 0 Å². The van der Waals surface area contributed by atoms with Crippen LogP contribution in [-0.4, -0.2) is 16.1 Å². The summed E-state index contributed by atoms with van der Waals surface area (Å²) in [5.41, 5.74) is 16.0. The lowest BCUT2D eigenvalue weighted by Gasteiger charge is -2.38. The molecule has 0 atom stereocenters. The van der Waals surface area contributed by atoms with E-state index < -0.39 is 16.1 Å². The molecular weight excluding hydrogens is 489 g/mol. The van der Waals surface area contributed by atoms with Crippen LogP contribution >= 0.6 is 0 Å². The SMILES string of the molecule is CC(C)[Si](C#C/C(=C(\C#C[Si](C(C)C)(C(C)C)C(C)C)c1ccccc1)c1ccccc1)(C(C)C)C(C)C. The molecule has 0 radical (unpaired) electrons. The van der Waals surface area contributed by atoms with Gasteiger partial charge in [0.1, 0.15) is 16.1 Å². The molecule has 0 heterocycles. The summed E-state index contributed by atoms with van der Waals surface area (Å²) in [7, 11) is -3.84. The molecule has 0 amide bonds. The first kappa shape index (κ1) is 31.9. The minimum Gasteiger partial charge on any atom is -0.125 e. The van der Waals surface area contributed by atoms with Crippen molar-refractivity contribution in [3.63, 3.8) is 0 Å². The average Bonchev–Trinajstić information content (AvgIpc) is 2.85. The molecule has 0 unspecified atom stereocenters. The molecule has 0 fully saturated rings. The van der Waals surface area contributed by atoms with E-state index in [0.717, 1.165) is 11.1 Å².